The van der Waals surface area contributed by atoms with Gasteiger partial charge in [0, 0.05) is 83.1 Å². The molecule has 0 spiro atoms. The van der Waals surface area contributed by atoms with E-state index in [1.807, 2.05) is 36.3 Å². The SMILES string of the molecule is CN1NC2=C(C=C1c1ccccc1O)N1CCN(C3CCN(CCCN4CCN(c5ccc6c(c5)C(=O)N(C5CCC(=O)NC5=O)C6=O)CC4)CC3)C[C@@H]1CN2. The van der Waals surface area contributed by atoms with Gasteiger partial charge in [-0.3, -0.25) is 49.6 Å². The summed E-state index contributed by atoms with van der Waals surface area (Å²) in [6.07, 6.45) is 6.01. The molecule has 7 heterocycles. The van der Waals surface area contributed by atoms with Crippen LogP contribution in [0.15, 0.2) is 60.1 Å². The lowest BCUT2D eigenvalue weighted by atomic mass is 9.98. The number of likely N-dealkylation sites (tertiary alicyclic amines) is 1. The third-order valence-corrected chi connectivity index (χ3v) is 12.9. The van der Waals surface area contributed by atoms with Crippen LogP contribution in [0, 0.1) is 0 Å². The van der Waals surface area contributed by atoms with E-state index in [2.05, 4.69) is 46.6 Å². The minimum absolute atomic E-state index is 0.107. The van der Waals surface area contributed by atoms with Crippen molar-refractivity contribution in [1.29, 1.82) is 0 Å². The van der Waals surface area contributed by atoms with Crippen molar-refractivity contribution in [3.05, 3.63) is 76.7 Å². The first kappa shape index (κ1) is 36.5. The average molecular weight is 765 g/mol. The first-order valence-electron chi connectivity index (χ1n) is 20.3. The fourth-order valence-electron chi connectivity index (χ4n) is 9.72. The maximum absolute atomic E-state index is 13.3. The van der Waals surface area contributed by atoms with Crippen LogP contribution in [0.1, 0.15) is 58.4 Å². The van der Waals surface area contributed by atoms with Crippen LogP contribution >= 0.6 is 0 Å². The lowest BCUT2D eigenvalue weighted by Crippen LogP contribution is -2.63. The second kappa shape index (κ2) is 15.1. The van der Waals surface area contributed by atoms with Crippen LogP contribution in [0.4, 0.5) is 5.69 Å². The molecule has 7 aliphatic heterocycles. The van der Waals surface area contributed by atoms with Crippen molar-refractivity contribution in [2.24, 2.45) is 0 Å². The third kappa shape index (κ3) is 6.85. The molecule has 2 aromatic rings. The Balaban J connectivity index is 0.709. The van der Waals surface area contributed by atoms with E-state index in [1.54, 1.807) is 18.2 Å². The number of fused-ring (bicyclic) bond motifs is 3. The average Bonchev–Trinajstić information content (AvgIpc) is 3.46. The van der Waals surface area contributed by atoms with E-state index in [9.17, 15) is 24.3 Å². The monoisotopic (exact) mass is 764 g/mol. The van der Waals surface area contributed by atoms with Crippen LogP contribution in [-0.4, -0.2) is 162 Å². The van der Waals surface area contributed by atoms with Crippen LogP contribution in [0.3, 0.4) is 0 Å². The Labute approximate surface area is 327 Å². The highest BCUT2D eigenvalue weighted by Crippen LogP contribution is 2.35. The smallest absolute Gasteiger partial charge is 0.262 e. The molecule has 0 saturated carbocycles. The molecule has 0 radical (unpaired) electrons. The maximum Gasteiger partial charge on any atom is 0.262 e. The van der Waals surface area contributed by atoms with Gasteiger partial charge in [-0.2, -0.15) is 0 Å². The highest BCUT2D eigenvalue weighted by molar-refractivity contribution is 6.23. The molecule has 15 nitrogen and oxygen atoms in total. The predicted octanol–water partition coefficient (Wildman–Crippen LogP) is 1.02. The van der Waals surface area contributed by atoms with Crippen LogP contribution < -0.4 is 21.0 Å². The lowest BCUT2D eigenvalue weighted by Gasteiger charge is -2.51. The zero-order valence-electron chi connectivity index (χ0n) is 32.1. The Morgan fingerprint density at radius 3 is 2.30 bits per heavy atom. The van der Waals surface area contributed by atoms with Crippen LogP contribution in [-0.2, 0) is 9.59 Å². The van der Waals surface area contributed by atoms with Crippen molar-refractivity contribution in [3.8, 4) is 5.75 Å². The Bertz CT molecular complexity index is 1970. The molecule has 4 amide bonds. The number of benzene rings is 2. The maximum atomic E-state index is 13.3. The number of hydrogen-bond acceptors (Lipinski definition) is 13. The summed E-state index contributed by atoms with van der Waals surface area (Å²) in [5.74, 6) is -0.593. The largest absolute Gasteiger partial charge is 0.507 e. The Hall–Kier alpha value is -5.12. The quantitative estimate of drug-likeness (QED) is 0.284. The molecule has 15 heteroatoms. The molecule has 56 heavy (non-hydrogen) atoms. The summed E-state index contributed by atoms with van der Waals surface area (Å²) in [6, 6.07) is 13.0. The van der Waals surface area contributed by atoms with Crippen LogP contribution in [0.2, 0.25) is 0 Å². The van der Waals surface area contributed by atoms with E-state index < -0.39 is 23.8 Å². The summed E-state index contributed by atoms with van der Waals surface area (Å²) in [5.41, 5.74) is 8.00. The predicted molar refractivity (Wildman–Crippen MR) is 210 cm³/mol. The van der Waals surface area contributed by atoms with Gasteiger partial charge in [-0.15, -0.1) is 0 Å². The summed E-state index contributed by atoms with van der Waals surface area (Å²) in [6.45, 7) is 12.0. The number of imide groups is 2. The summed E-state index contributed by atoms with van der Waals surface area (Å²) >= 11 is 0. The number of phenols is 1. The number of piperidine rings is 2. The van der Waals surface area contributed by atoms with E-state index in [1.165, 1.54) is 18.5 Å². The van der Waals surface area contributed by atoms with E-state index in [0.717, 1.165) is 113 Å². The number of phenolic OH excluding ortho intramolecular Hbond substituents is 1. The number of para-hydroxylation sites is 1. The summed E-state index contributed by atoms with van der Waals surface area (Å²) < 4.78 is 0. The van der Waals surface area contributed by atoms with Crippen LogP contribution in [0.5, 0.6) is 5.75 Å². The number of nitrogens with one attached hydrogen (secondary N) is 3. The van der Waals surface area contributed by atoms with Crippen molar-refractivity contribution in [2.75, 3.05) is 90.5 Å². The summed E-state index contributed by atoms with van der Waals surface area (Å²) in [4.78, 5) is 64.2. The van der Waals surface area contributed by atoms with Gasteiger partial charge in [-0.25, -0.2) is 0 Å². The number of rotatable bonds is 8. The van der Waals surface area contributed by atoms with Gasteiger partial charge >= 0.3 is 0 Å². The Morgan fingerprint density at radius 2 is 1.54 bits per heavy atom. The standard InChI is InChI=1S/C41H52N10O5/c1-45-34(31-5-2-3-6-36(31)52)24-35-38(44-45)42-25-29-26-49(21-22-50(29)35)27-11-15-46(16-12-27)13-4-14-47-17-19-48(20-18-47)28-7-8-30-32(23-28)41(56)51(40(30)55)33-9-10-37(53)43-39(33)54/h2-3,5-8,23-24,27,29,33,42,44,52H,4,9-22,25-26H2,1H3,(H,43,53,54)/t29-,33?/m0/s1. The molecule has 4 fully saturated rings. The van der Waals surface area contributed by atoms with E-state index in [-0.39, 0.29) is 24.5 Å². The number of aromatic hydroxyl groups is 1. The second-order valence-electron chi connectivity index (χ2n) is 16.1. The first-order valence-corrected chi connectivity index (χ1v) is 20.3. The number of amides is 4. The molecule has 0 aromatic heterocycles. The zero-order valence-corrected chi connectivity index (χ0v) is 32.1. The van der Waals surface area contributed by atoms with Crippen molar-refractivity contribution >= 4 is 35.0 Å². The van der Waals surface area contributed by atoms with Crippen molar-refractivity contribution < 1.29 is 24.3 Å². The number of carbonyl (C=O) groups excluding carboxylic acids is 4. The molecule has 0 aliphatic carbocycles. The Morgan fingerprint density at radius 1 is 0.786 bits per heavy atom. The van der Waals surface area contributed by atoms with Gasteiger partial charge in [0.1, 0.15) is 17.6 Å². The molecule has 4 saturated heterocycles. The topological polar surface area (TPSA) is 147 Å². The first-order chi connectivity index (χ1) is 27.2. The minimum atomic E-state index is -0.954. The number of hydrogen-bond donors (Lipinski definition) is 4. The molecule has 4 N–H and O–H groups in total. The highest BCUT2D eigenvalue weighted by Gasteiger charge is 2.45. The number of allylic oxidation sites excluding steroid dienone is 1. The lowest BCUT2D eigenvalue weighted by molar-refractivity contribution is -0.136. The highest BCUT2D eigenvalue weighted by atomic mass is 16.3. The molecule has 2 aromatic carbocycles. The second-order valence-corrected chi connectivity index (χ2v) is 16.1. The van der Waals surface area contributed by atoms with E-state index >= 15 is 0 Å². The van der Waals surface area contributed by atoms with Gasteiger partial charge in [0.25, 0.3) is 11.8 Å². The van der Waals surface area contributed by atoms with E-state index in [4.69, 9.17) is 0 Å². The molecule has 7 aliphatic rings. The van der Waals surface area contributed by atoms with Crippen molar-refractivity contribution in [1.82, 2.24) is 45.6 Å². The summed E-state index contributed by atoms with van der Waals surface area (Å²) in [5, 5.41) is 18.4. The fraction of sp³-hybridized carbons (Fsp3) is 0.512. The van der Waals surface area contributed by atoms with E-state index in [0.29, 0.717) is 23.2 Å². The number of anilines is 1. The summed E-state index contributed by atoms with van der Waals surface area (Å²) in [7, 11) is 1.98. The third-order valence-electron chi connectivity index (χ3n) is 12.9. The molecule has 296 valence electrons. The zero-order chi connectivity index (χ0) is 38.5. The normalized spacial score (nSPS) is 25.4. The molecular weight excluding hydrogens is 713 g/mol. The Kier molecular flexibility index (Phi) is 9.84. The van der Waals surface area contributed by atoms with Gasteiger partial charge < -0.3 is 25.1 Å². The molecule has 1 unspecified atom stereocenters. The van der Waals surface area contributed by atoms with Gasteiger partial charge in [-0.1, -0.05) is 12.1 Å². The number of carbonyl (C=O) groups is 4. The van der Waals surface area contributed by atoms with Gasteiger partial charge in [0.05, 0.1) is 28.6 Å². The van der Waals surface area contributed by atoms with Crippen LogP contribution in [0.25, 0.3) is 5.70 Å². The molecular formula is C41H52N10O5. The minimum Gasteiger partial charge on any atom is -0.507 e. The van der Waals surface area contributed by atoms with Gasteiger partial charge in [0.15, 0.2) is 0 Å². The van der Waals surface area contributed by atoms with Gasteiger partial charge in [0.2, 0.25) is 11.8 Å². The van der Waals surface area contributed by atoms with Crippen molar-refractivity contribution in [3.63, 3.8) is 0 Å². The number of piperazine rings is 2. The molecule has 0 bridgehead atoms. The molecule has 9 rings (SSSR count). The number of nitrogens with zero attached hydrogens (tertiary/aromatic N) is 7. The fourth-order valence-corrected chi connectivity index (χ4v) is 9.72. The number of hydrazine groups is 1. The van der Waals surface area contributed by atoms with Crippen molar-refractivity contribution in [2.45, 2.75) is 50.2 Å². The molecule has 2 atom stereocenters. The van der Waals surface area contributed by atoms with Gasteiger partial charge in [-0.05, 0) is 88.3 Å².